The Kier molecular flexibility index (Phi) is 6.76. The van der Waals surface area contributed by atoms with Crippen LogP contribution in [0.4, 0.5) is 17.3 Å². The highest BCUT2D eigenvalue weighted by Gasteiger charge is 2.51. The van der Waals surface area contributed by atoms with Crippen LogP contribution in [0.1, 0.15) is 76.3 Å². The minimum atomic E-state index is -0.175. The van der Waals surface area contributed by atoms with Crippen molar-refractivity contribution in [2.45, 2.75) is 64.7 Å². The lowest BCUT2D eigenvalue weighted by Crippen LogP contribution is -2.66. The first-order valence-electron chi connectivity index (χ1n) is 22.1. The maximum absolute atomic E-state index is 4.08. The SMILES string of the molecule is CC(C)(C)c1cc2c3c(c1)B(c1cccc4c1C(C)(C)c1ccccc1-4)c1c([nH]c4ccccc14)N3c1[nH]c3ccccc3c1B2c1cccc2c1C(C)(C)c1ccccc1-2. The van der Waals surface area contributed by atoms with E-state index in [0.29, 0.717) is 0 Å². The van der Waals surface area contributed by atoms with E-state index in [1.165, 1.54) is 110 Å². The van der Waals surface area contributed by atoms with Crippen LogP contribution in [0.25, 0.3) is 44.1 Å². The van der Waals surface area contributed by atoms with E-state index in [1.807, 2.05) is 0 Å². The van der Waals surface area contributed by atoms with E-state index in [4.69, 9.17) is 0 Å². The Balaban J connectivity index is 1.19. The van der Waals surface area contributed by atoms with Gasteiger partial charge in [0.05, 0.1) is 0 Å². The molecule has 0 unspecified atom stereocenters. The predicted molar refractivity (Wildman–Crippen MR) is 261 cm³/mol. The van der Waals surface area contributed by atoms with Crippen LogP contribution in [0.2, 0.25) is 0 Å². The molecule has 4 aliphatic rings. The Morgan fingerprint density at radius 1 is 0.459 bits per heavy atom. The molecule has 2 aromatic heterocycles. The van der Waals surface area contributed by atoms with Gasteiger partial charge in [0.1, 0.15) is 11.6 Å². The zero-order valence-corrected chi connectivity index (χ0v) is 36.0. The van der Waals surface area contributed by atoms with Gasteiger partial charge < -0.3 is 9.97 Å². The van der Waals surface area contributed by atoms with Gasteiger partial charge in [-0.25, -0.2) is 0 Å². The smallest absolute Gasteiger partial charge is 0.249 e. The molecular weight excluding hydrogens is 736 g/mol. The van der Waals surface area contributed by atoms with Crippen LogP contribution in [0.3, 0.4) is 0 Å². The number of anilines is 3. The Labute approximate surface area is 359 Å². The number of H-pyrrole nitrogens is 2. The van der Waals surface area contributed by atoms with Crippen molar-refractivity contribution in [2.24, 2.45) is 0 Å². The third-order valence-corrected chi connectivity index (χ3v) is 15.2. The maximum atomic E-state index is 4.08. The number of aromatic amines is 2. The Bertz CT molecular complexity index is 3180. The van der Waals surface area contributed by atoms with Crippen molar-refractivity contribution in [2.75, 3.05) is 4.90 Å². The zero-order valence-electron chi connectivity index (χ0n) is 36.0. The lowest BCUT2D eigenvalue weighted by molar-refractivity contribution is 0.591. The largest absolute Gasteiger partial charge is 0.341 e. The average Bonchev–Trinajstić information content (AvgIpc) is 3.97. The second-order valence-corrected chi connectivity index (χ2v) is 20.2. The van der Waals surface area contributed by atoms with Crippen molar-refractivity contribution in [1.29, 1.82) is 0 Å². The summed E-state index contributed by atoms with van der Waals surface area (Å²) in [5.74, 6) is 2.32. The molecule has 2 N–H and O–H groups in total. The summed E-state index contributed by atoms with van der Waals surface area (Å²) in [6.07, 6.45) is 0. The van der Waals surface area contributed by atoms with Gasteiger partial charge in [0.25, 0.3) is 0 Å². The molecule has 13 rings (SSSR count). The van der Waals surface area contributed by atoms with Crippen LogP contribution in [0, 0.1) is 0 Å². The van der Waals surface area contributed by atoms with Gasteiger partial charge in [-0.15, -0.1) is 0 Å². The number of benzene rings is 7. The fraction of sp³-hybridized carbons (Fsp3) is 0.179. The molecule has 0 spiro atoms. The molecule has 4 heterocycles. The van der Waals surface area contributed by atoms with Crippen molar-refractivity contribution >= 4 is 85.3 Å². The minimum absolute atomic E-state index is 0.0178. The number of aromatic nitrogens is 2. The molecule has 0 saturated heterocycles. The van der Waals surface area contributed by atoms with Gasteiger partial charge in [-0.2, -0.15) is 0 Å². The summed E-state index contributed by atoms with van der Waals surface area (Å²) < 4.78 is 0. The van der Waals surface area contributed by atoms with Crippen LogP contribution in [-0.2, 0) is 16.2 Å². The lowest BCUT2D eigenvalue weighted by atomic mass is 9.29. The topological polar surface area (TPSA) is 34.8 Å². The lowest BCUT2D eigenvalue weighted by Gasteiger charge is -2.43. The fourth-order valence-electron chi connectivity index (χ4n) is 12.6. The van der Waals surface area contributed by atoms with Crippen LogP contribution in [0.5, 0.6) is 0 Å². The Morgan fingerprint density at radius 2 is 0.869 bits per heavy atom. The van der Waals surface area contributed by atoms with Gasteiger partial charge in [-0.3, -0.25) is 4.90 Å². The molecule has 7 aromatic carbocycles. The standard InChI is InChI=1S/C56H47B2N3/c1-54(2,3)32-30-43-51-44(31-32)58(42-27-17-23-36-34-19-9-13-25-40(34)56(6,7)48(36)42)50-38-21-11-15-29-46(38)60-53(50)61(51)52-49(37-20-10-14-28-45(37)59-52)57(43)41-26-16-22-35-33-18-8-12-24-39(33)55(4,5)47(35)41/h8-31,59-60H,1-7H3. The van der Waals surface area contributed by atoms with Gasteiger partial charge in [0, 0.05) is 27.6 Å². The number of nitrogens with one attached hydrogen (secondary N) is 2. The molecule has 0 amide bonds. The molecule has 0 fully saturated rings. The molecule has 292 valence electrons. The maximum Gasteiger partial charge on any atom is 0.249 e. The van der Waals surface area contributed by atoms with E-state index in [-0.39, 0.29) is 29.7 Å². The summed E-state index contributed by atoms with van der Waals surface area (Å²) >= 11 is 0. The number of hydrogen-bond acceptors (Lipinski definition) is 1. The average molecular weight is 784 g/mol. The van der Waals surface area contributed by atoms with Crippen molar-refractivity contribution in [1.82, 2.24) is 9.97 Å². The van der Waals surface area contributed by atoms with Gasteiger partial charge in [-0.1, -0.05) is 193 Å². The van der Waals surface area contributed by atoms with Crippen molar-refractivity contribution in [3.63, 3.8) is 0 Å². The monoisotopic (exact) mass is 783 g/mol. The van der Waals surface area contributed by atoms with E-state index in [0.717, 1.165) is 11.6 Å². The molecular formula is C56H47B2N3. The summed E-state index contributed by atoms with van der Waals surface area (Å²) in [5, 5.41) is 2.56. The molecule has 0 bridgehead atoms. The second kappa shape index (κ2) is 11.7. The summed E-state index contributed by atoms with van der Waals surface area (Å²) in [6, 6.07) is 55.6. The van der Waals surface area contributed by atoms with Crippen LogP contribution >= 0.6 is 0 Å². The van der Waals surface area contributed by atoms with Gasteiger partial charge >= 0.3 is 0 Å². The second-order valence-electron chi connectivity index (χ2n) is 20.2. The number of fused-ring (bicyclic) bond motifs is 14. The third-order valence-electron chi connectivity index (χ3n) is 15.2. The fourth-order valence-corrected chi connectivity index (χ4v) is 12.6. The molecule has 0 atom stereocenters. The summed E-state index contributed by atoms with van der Waals surface area (Å²) in [6.45, 7) is 16.9. The first-order chi connectivity index (χ1) is 29.4. The summed E-state index contributed by atoms with van der Waals surface area (Å²) in [4.78, 5) is 10.8. The van der Waals surface area contributed by atoms with Crippen molar-refractivity contribution in [3.05, 3.63) is 173 Å². The zero-order chi connectivity index (χ0) is 41.3. The molecule has 2 aliphatic carbocycles. The van der Waals surface area contributed by atoms with Crippen LogP contribution in [0.15, 0.2) is 146 Å². The number of para-hydroxylation sites is 2. The van der Waals surface area contributed by atoms with Crippen molar-refractivity contribution in [3.8, 4) is 22.3 Å². The molecule has 9 aromatic rings. The summed E-state index contributed by atoms with van der Waals surface area (Å²) in [7, 11) is 0. The van der Waals surface area contributed by atoms with Crippen LogP contribution < -0.4 is 37.7 Å². The molecule has 2 aliphatic heterocycles. The first-order valence-corrected chi connectivity index (χ1v) is 22.1. The van der Waals surface area contributed by atoms with Gasteiger partial charge in [0.2, 0.25) is 13.4 Å². The Hall–Kier alpha value is -6.45. The number of nitrogens with zero attached hydrogens (tertiary/aromatic N) is 1. The third kappa shape index (κ3) is 4.41. The molecule has 3 nitrogen and oxygen atoms in total. The van der Waals surface area contributed by atoms with Gasteiger partial charge in [0.15, 0.2) is 0 Å². The normalized spacial score (nSPS) is 16.0. The minimum Gasteiger partial charge on any atom is -0.341 e. The van der Waals surface area contributed by atoms with E-state index < -0.39 is 0 Å². The van der Waals surface area contributed by atoms with Crippen LogP contribution in [-0.4, -0.2) is 23.4 Å². The first kappa shape index (κ1) is 35.3. The van der Waals surface area contributed by atoms with E-state index in [9.17, 15) is 0 Å². The summed E-state index contributed by atoms with van der Waals surface area (Å²) in [5.41, 5.74) is 23.9. The molecule has 5 heteroatoms. The molecule has 0 radical (unpaired) electrons. The Morgan fingerprint density at radius 3 is 1.33 bits per heavy atom. The number of rotatable bonds is 2. The van der Waals surface area contributed by atoms with E-state index in [1.54, 1.807) is 0 Å². The van der Waals surface area contributed by atoms with E-state index >= 15 is 0 Å². The number of hydrogen-bond donors (Lipinski definition) is 2. The highest BCUT2D eigenvalue weighted by Crippen LogP contribution is 2.50. The van der Waals surface area contributed by atoms with Gasteiger partial charge in [-0.05, 0) is 100 Å². The van der Waals surface area contributed by atoms with E-state index in [2.05, 4.69) is 209 Å². The quantitative estimate of drug-likeness (QED) is 0.169. The van der Waals surface area contributed by atoms with Crippen molar-refractivity contribution < 1.29 is 0 Å². The highest BCUT2D eigenvalue weighted by atomic mass is 15.3. The predicted octanol–water partition coefficient (Wildman–Crippen LogP) is 9.69. The highest BCUT2D eigenvalue weighted by molar-refractivity contribution is 7.04. The molecule has 61 heavy (non-hydrogen) atoms. The molecule has 0 saturated carbocycles.